The highest BCUT2D eigenvalue weighted by atomic mass is 16.6. The average Bonchev–Trinajstić information content (AvgIpc) is 3.11. The lowest BCUT2D eigenvalue weighted by molar-refractivity contribution is -0.232. The highest BCUT2D eigenvalue weighted by Crippen LogP contribution is 2.72. The van der Waals surface area contributed by atoms with Crippen LogP contribution in [0, 0.1) is 34.0 Å². The molecule has 2 bridgehead atoms. The third-order valence-corrected chi connectivity index (χ3v) is 10.6. The fourth-order valence-corrected chi connectivity index (χ4v) is 8.93. The molecule has 4 aliphatic carbocycles. The van der Waals surface area contributed by atoms with Crippen molar-refractivity contribution in [3.05, 3.63) is 42.0 Å². The number of benzene rings is 1. The topological polar surface area (TPSA) is 82.1 Å². The van der Waals surface area contributed by atoms with Gasteiger partial charge in [0, 0.05) is 17.8 Å². The molecular formula is C30H40O6. The van der Waals surface area contributed by atoms with Crippen LogP contribution in [0.25, 0.3) is 0 Å². The van der Waals surface area contributed by atoms with Gasteiger partial charge in [-0.1, -0.05) is 38.1 Å². The summed E-state index contributed by atoms with van der Waals surface area (Å²) in [6, 6.07) is 7.06. The molecule has 1 aromatic carbocycles. The van der Waals surface area contributed by atoms with E-state index in [2.05, 4.69) is 20.4 Å². The molecule has 4 saturated carbocycles. The zero-order valence-corrected chi connectivity index (χ0v) is 22.0. The Balaban J connectivity index is 1.49. The fourth-order valence-electron chi connectivity index (χ4n) is 8.93. The highest BCUT2D eigenvalue weighted by Gasteiger charge is 2.68. The largest absolute Gasteiger partial charge is 0.496 e. The number of para-hydroxylation sites is 1. The molecule has 1 aromatic rings. The van der Waals surface area contributed by atoms with Crippen LogP contribution in [0.5, 0.6) is 5.75 Å². The summed E-state index contributed by atoms with van der Waals surface area (Å²) >= 11 is 0. The van der Waals surface area contributed by atoms with Crippen molar-refractivity contribution in [3.8, 4) is 5.75 Å². The Kier molecular flexibility index (Phi) is 6.26. The monoisotopic (exact) mass is 496 g/mol. The van der Waals surface area contributed by atoms with Gasteiger partial charge in [-0.25, -0.2) is 4.79 Å². The Morgan fingerprint density at radius 1 is 1.14 bits per heavy atom. The predicted octanol–water partition coefficient (Wildman–Crippen LogP) is 5.33. The van der Waals surface area contributed by atoms with Crippen LogP contribution in [0.15, 0.2) is 36.4 Å². The number of fused-ring (bicyclic) bond motifs is 3. The fraction of sp³-hybridized carbons (Fsp3) is 0.667. The van der Waals surface area contributed by atoms with Gasteiger partial charge >= 0.3 is 11.9 Å². The first-order valence-corrected chi connectivity index (χ1v) is 13.4. The van der Waals surface area contributed by atoms with Gasteiger partial charge in [0.1, 0.15) is 24.0 Å². The van der Waals surface area contributed by atoms with E-state index in [-0.39, 0.29) is 29.3 Å². The molecule has 5 rings (SSSR count). The van der Waals surface area contributed by atoms with Crippen LogP contribution in [-0.2, 0) is 14.3 Å². The number of aliphatic hydroxyl groups is 1. The molecule has 4 aliphatic rings. The second-order valence-corrected chi connectivity index (χ2v) is 12.3. The quantitative estimate of drug-likeness (QED) is 0.438. The number of esters is 2. The second-order valence-electron chi connectivity index (χ2n) is 12.3. The number of hydrogen-bond donors (Lipinski definition) is 1. The van der Waals surface area contributed by atoms with Crippen LogP contribution in [-0.4, -0.2) is 43.0 Å². The average molecular weight is 497 g/mol. The van der Waals surface area contributed by atoms with Gasteiger partial charge < -0.3 is 19.3 Å². The molecule has 0 radical (unpaired) electrons. The molecular weight excluding hydrogens is 456 g/mol. The van der Waals surface area contributed by atoms with Gasteiger partial charge in [0.2, 0.25) is 0 Å². The maximum Gasteiger partial charge on any atom is 0.342 e. The molecule has 0 saturated heterocycles. The van der Waals surface area contributed by atoms with E-state index in [1.165, 1.54) is 19.6 Å². The summed E-state index contributed by atoms with van der Waals surface area (Å²) < 4.78 is 17.2. The van der Waals surface area contributed by atoms with E-state index in [1.54, 1.807) is 18.2 Å². The number of rotatable bonds is 5. The van der Waals surface area contributed by atoms with Crippen molar-refractivity contribution < 1.29 is 28.9 Å². The Bertz CT molecular complexity index is 1070. The van der Waals surface area contributed by atoms with Crippen LogP contribution in [0.4, 0.5) is 0 Å². The number of hydrogen-bond acceptors (Lipinski definition) is 6. The van der Waals surface area contributed by atoms with E-state index in [4.69, 9.17) is 14.2 Å². The van der Waals surface area contributed by atoms with Gasteiger partial charge in [-0.15, -0.1) is 0 Å². The van der Waals surface area contributed by atoms with E-state index in [0.29, 0.717) is 36.0 Å². The lowest BCUT2D eigenvalue weighted by Crippen LogP contribution is -2.65. The van der Waals surface area contributed by atoms with E-state index in [9.17, 15) is 14.7 Å². The smallest absolute Gasteiger partial charge is 0.342 e. The maximum absolute atomic E-state index is 13.3. The summed E-state index contributed by atoms with van der Waals surface area (Å²) in [6.45, 7) is 10.4. The first-order chi connectivity index (χ1) is 17.0. The molecule has 8 atom stereocenters. The third-order valence-electron chi connectivity index (χ3n) is 10.6. The first-order valence-electron chi connectivity index (χ1n) is 13.4. The molecule has 0 aromatic heterocycles. The number of carbonyl (C=O) groups is 2. The molecule has 6 nitrogen and oxygen atoms in total. The summed E-state index contributed by atoms with van der Waals surface area (Å²) in [5.41, 5.74) is 0.922. The molecule has 6 heteroatoms. The predicted molar refractivity (Wildman–Crippen MR) is 135 cm³/mol. The lowest BCUT2D eigenvalue weighted by Gasteiger charge is -2.66. The normalized spacial score (nSPS) is 41.1. The first kappa shape index (κ1) is 25.3. The van der Waals surface area contributed by atoms with E-state index in [0.717, 1.165) is 32.1 Å². The summed E-state index contributed by atoms with van der Waals surface area (Å²) in [5.74, 6) is 0.635. The molecule has 1 unspecified atom stereocenters. The lowest BCUT2D eigenvalue weighted by atomic mass is 9.40. The number of ether oxygens (including phenoxy) is 3. The van der Waals surface area contributed by atoms with E-state index in [1.807, 2.05) is 6.07 Å². The Morgan fingerprint density at radius 3 is 2.61 bits per heavy atom. The number of methoxy groups -OCH3 is 1. The van der Waals surface area contributed by atoms with E-state index >= 15 is 0 Å². The Morgan fingerprint density at radius 2 is 1.89 bits per heavy atom. The second kappa shape index (κ2) is 8.90. The van der Waals surface area contributed by atoms with Crippen molar-refractivity contribution in [1.29, 1.82) is 0 Å². The molecule has 1 N–H and O–H groups in total. The van der Waals surface area contributed by atoms with Crippen molar-refractivity contribution in [2.24, 2.45) is 34.0 Å². The Hall–Kier alpha value is -2.34. The highest BCUT2D eigenvalue weighted by molar-refractivity contribution is 5.92. The number of aliphatic hydroxyl groups excluding tert-OH is 1. The van der Waals surface area contributed by atoms with Gasteiger partial charge in [-0.2, -0.15) is 0 Å². The summed E-state index contributed by atoms with van der Waals surface area (Å²) in [5, 5.41) is 11.7. The van der Waals surface area contributed by atoms with Crippen molar-refractivity contribution in [2.45, 2.75) is 77.9 Å². The molecule has 0 heterocycles. The van der Waals surface area contributed by atoms with Gasteiger partial charge in [-0.05, 0) is 80.2 Å². The molecule has 196 valence electrons. The van der Waals surface area contributed by atoms with E-state index < -0.39 is 23.6 Å². The standard InChI is InChI=1S/C30H40O6/c1-18-15-30-16-20(18)10-11-23(30)28(3)13-12-26(36-27(33)21-8-6-7-9-22(21)34-5)29(4,17-35-19(2)31)24(28)14-25(30)32/h6-9,20,23-26,32H,1,10-17H2,2-5H3/t20-,23+,24?,25+,26-,28+,29-,30+/m1/s1. The third kappa shape index (κ3) is 3.70. The van der Waals surface area contributed by atoms with Crippen LogP contribution in [0.2, 0.25) is 0 Å². The van der Waals surface area contributed by atoms with Gasteiger partial charge in [0.15, 0.2) is 0 Å². The summed E-state index contributed by atoms with van der Waals surface area (Å²) in [4.78, 5) is 25.2. The summed E-state index contributed by atoms with van der Waals surface area (Å²) in [6.07, 6.45) is 5.51. The van der Waals surface area contributed by atoms with Crippen molar-refractivity contribution in [1.82, 2.24) is 0 Å². The minimum Gasteiger partial charge on any atom is -0.496 e. The van der Waals surface area contributed by atoms with Crippen LogP contribution in [0.1, 0.15) is 76.1 Å². The molecule has 0 aliphatic heterocycles. The van der Waals surface area contributed by atoms with Gasteiger partial charge in [0.05, 0.1) is 13.2 Å². The molecule has 4 fully saturated rings. The van der Waals surface area contributed by atoms with Crippen LogP contribution < -0.4 is 4.74 Å². The number of allylic oxidation sites excluding steroid dienone is 1. The minimum atomic E-state index is -0.620. The van der Waals surface area contributed by atoms with Crippen LogP contribution >= 0.6 is 0 Å². The van der Waals surface area contributed by atoms with Gasteiger partial charge in [-0.3, -0.25) is 4.79 Å². The van der Waals surface area contributed by atoms with Crippen molar-refractivity contribution >= 4 is 11.9 Å². The number of carbonyl (C=O) groups excluding carboxylic acids is 2. The van der Waals surface area contributed by atoms with Crippen molar-refractivity contribution in [2.75, 3.05) is 13.7 Å². The SMILES string of the molecule is C=C1C[C@]23C[C@H]1CC[C@H]2[C@]1(C)CC[C@@H](OC(=O)c2ccccc2OC)[C@](C)(COC(C)=O)C1C[C@@H]3O. The minimum absolute atomic E-state index is 0.0446. The zero-order valence-electron chi connectivity index (χ0n) is 22.0. The van der Waals surface area contributed by atoms with Crippen LogP contribution in [0.3, 0.4) is 0 Å². The van der Waals surface area contributed by atoms with Gasteiger partial charge in [0.25, 0.3) is 0 Å². The van der Waals surface area contributed by atoms with Crippen molar-refractivity contribution in [3.63, 3.8) is 0 Å². The Labute approximate surface area is 214 Å². The maximum atomic E-state index is 13.3. The zero-order chi connectivity index (χ0) is 25.9. The molecule has 36 heavy (non-hydrogen) atoms. The molecule has 1 spiro atoms. The molecule has 0 amide bonds. The summed E-state index contributed by atoms with van der Waals surface area (Å²) in [7, 11) is 1.54.